The van der Waals surface area contributed by atoms with Crippen LogP contribution in [-0.4, -0.2) is 19.5 Å². The first kappa shape index (κ1) is 11.1. The third kappa shape index (κ3) is 3.06. The number of benzene rings is 1. The Morgan fingerprint density at radius 2 is 1.88 bits per heavy atom. The van der Waals surface area contributed by atoms with Crippen molar-refractivity contribution in [3.8, 4) is 6.07 Å². The molecule has 0 aliphatic carbocycles. The van der Waals surface area contributed by atoms with Crippen LogP contribution in [0.15, 0.2) is 24.3 Å². The summed E-state index contributed by atoms with van der Waals surface area (Å²) in [5.74, 6) is 0. The number of nitrogens with zero attached hydrogens (tertiary/aromatic N) is 1. The third-order valence-electron chi connectivity index (χ3n) is 2.65. The van der Waals surface area contributed by atoms with Crippen LogP contribution in [0.25, 0.3) is 0 Å². The molecular weight excluding hydrogens is 202 g/mol. The lowest BCUT2D eigenvalue weighted by Crippen LogP contribution is -2.25. The highest BCUT2D eigenvalue weighted by Crippen LogP contribution is 2.13. The third-order valence-corrected chi connectivity index (χ3v) is 2.65. The first-order chi connectivity index (χ1) is 7.88. The highest BCUT2D eigenvalue weighted by atomic mass is 16.7. The zero-order valence-corrected chi connectivity index (χ0v) is 9.19. The van der Waals surface area contributed by atoms with Crippen molar-refractivity contribution >= 4 is 0 Å². The molecule has 1 heterocycles. The molecule has 0 N–H and O–H groups in total. The molecule has 0 atom stereocenters. The molecule has 0 unspecified atom stereocenters. The lowest BCUT2D eigenvalue weighted by atomic mass is 10.1. The summed E-state index contributed by atoms with van der Waals surface area (Å²) < 4.78 is 10.9. The largest absolute Gasteiger partial charge is 0.353 e. The molecule has 0 bridgehead atoms. The predicted octanol–water partition coefficient (Wildman–Crippen LogP) is 2.25. The van der Waals surface area contributed by atoms with Crippen molar-refractivity contribution in [3.05, 3.63) is 35.4 Å². The number of rotatable bonds is 3. The molecule has 0 amide bonds. The van der Waals surface area contributed by atoms with E-state index in [9.17, 15) is 0 Å². The average molecular weight is 217 g/mol. The highest BCUT2D eigenvalue weighted by molar-refractivity contribution is 5.31. The van der Waals surface area contributed by atoms with E-state index in [-0.39, 0.29) is 6.29 Å². The lowest BCUT2D eigenvalue weighted by molar-refractivity contribution is -0.180. The lowest BCUT2D eigenvalue weighted by Gasteiger charge is -2.23. The van der Waals surface area contributed by atoms with Gasteiger partial charge in [-0.05, 0) is 30.5 Å². The van der Waals surface area contributed by atoms with E-state index in [1.54, 1.807) is 0 Å². The van der Waals surface area contributed by atoms with E-state index in [0.29, 0.717) is 5.56 Å². The second-order valence-electron chi connectivity index (χ2n) is 3.87. The van der Waals surface area contributed by atoms with E-state index in [0.717, 1.165) is 32.5 Å². The Labute approximate surface area is 95.6 Å². The maximum atomic E-state index is 8.67. The zero-order valence-electron chi connectivity index (χ0n) is 9.19. The number of hydrogen-bond donors (Lipinski definition) is 0. The van der Waals surface area contributed by atoms with Gasteiger partial charge in [0, 0.05) is 6.42 Å². The Bertz CT molecular complexity index is 361. The number of ether oxygens (including phenoxy) is 2. The van der Waals surface area contributed by atoms with Gasteiger partial charge in [-0.25, -0.2) is 0 Å². The molecule has 3 nitrogen and oxygen atoms in total. The van der Waals surface area contributed by atoms with Gasteiger partial charge < -0.3 is 9.47 Å². The minimum atomic E-state index is -0.0515. The van der Waals surface area contributed by atoms with Crippen molar-refractivity contribution in [2.24, 2.45) is 0 Å². The molecule has 84 valence electrons. The van der Waals surface area contributed by atoms with Crippen LogP contribution in [0.5, 0.6) is 0 Å². The fraction of sp³-hybridized carbons (Fsp3) is 0.462. The molecule has 0 spiro atoms. The maximum absolute atomic E-state index is 8.67. The molecule has 16 heavy (non-hydrogen) atoms. The summed E-state index contributed by atoms with van der Waals surface area (Å²) >= 11 is 0. The second-order valence-corrected chi connectivity index (χ2v) is 3.87. The van der Waals surface area contributed by atoms with E-state index in [1.807, 2.05) is 24.3 Å². The minimum absolute atomic E-state index is 0.0515. The normalized spacial score (nSPS) is 16.9. The molecule has 3 heteroatoms. The number of nitriles is 1. The van der Waals surface area contributed by atoms with Crippen molar-refractivity contribution < 1.29 is 9.47 Å². The quantitative estimate of drug-likeness (QED) is 0.779. The molecule has 1 aromatic carbocycles. The fourth-order valence-corrected chi connectivity index (χ4v) is 1.73. The van der Waals surface area contributed by atoms with Crippen molar-refractivity contribution in [2.75, 3.05) is 13.2 Å². The van der Waals surface area contributed by atoms with Crippen LogP contribution in [0.1, 0.15) is 24.0 Å². The monoisotopic (exact) mass is 217 g/mol. The fourth-order valence-electron chi connectivity index (χ4n) is 1.73. The van der Waals surface area contributed by atoms with E-state index in [4.69, 9.17) is 14.7 Å². The van der Waals surface area contributed by atoms with Gasteiger partial charge in [0.05, 0.1) is 24.8 Å². The number of hydrogen-bond acceptors (Lipinski definition) is 3. The maximum Gasteiger partial charge on any atom is 0.157 e. The highest BCUT2D eigenvalue weighted by Gasteiger charge is 2.13. The Morgan fingerprint density at radius 3 is 2.50 bits per heavy atom. The van der Waals surface area contributed by atoms with E-state index < -0.39 is 0 Å². The van der Waals surface area contributed by atoms with Gasteiger partial charge in [0.1, 0.15) is 0 Å². The van der Waals surface area contributed by atoms with Gasteiger partial charge in [0.15, 0.2) is 6.29 Å². The minimum Gasteiger partial charge on any atom is -0.353 e. The van der Waals surface area contributed by atoms with Crippen LogP contribution in [0.4, 0.5) is 0 Å². The van der Waals surface area contributed by atoms with Crippen molar-refractivity contribution in [3.63, 3.8) is 0 Å². The average Bonchev–Trinajstić information content (AvgIpc) is 2.38. The Morgan fingerprint density at radius 1 is 1.19 bits per heavy atom. The summed E-state index contributed by atoms with van der Waals surface area (Å²) in [5.41, 5.74) is 1.92. The van der Waals surface area contributed by atoms with Crippen LogP contribution in [0.3, 0.4) is 0 Å². The molecule has 1 fully saturated rings. The number of aryl methyl sites for hydroxylation is 1. The Balaban J connectivity index is 1.82. The van der Waals surface area contributed by atoms with Crippen LogP contribution in [0.2, 0.25) is 0 Å². The molecule has 1 aliphatic rings. The Kier molecular flexibility index (Phi) is 3.92. The van der Waals surface area contributed by atoms with Gasteiger partial charge in [0.2, 0.25) is 0 Å². The SMILES string of the molecule is N#Cc1ccc(CCC2OCCCO2)cc1. The molecule has 1 saturated heterocycles. The first-order valence-electron chi connectivity index (χ1n) is 5.61. The van der Waals surface area contributed by atoms with Gasteiger partial charge in [-0.1, -0.05) is 12.1 Å². The van der Waals surface area contributed by atoms with Gasteiger partial charge in [0.25, 0.3) is 0 Å². The van der Waals surface area contributed by atoms with E-state index in [2.05, 4.69) is 6.07 Å². The van der Waals surface area contributed by atoms with Gasteiger partial charge in [-0.15, -0.1) is 0 Å². The zero-order chi connectivity index (χ0) is 11.2. The van der Waals surface area contributed by atoms with Gasteiger partial charge in [-0.2, -0.15) is 5.26 Å². The molecule has 2 rings (SSSR count). The first-order valence-corrected chi connectivity index (χ1v) is 5.61. The van der Waals surface area contributed by atoms with Crippen molar-refractivity contribution in [1.82, 2.24) is 0 Å². The topological polar surface area (TPSA) is 42.2 Å². The molecule has 0 radical (unpaired) electrons. The summed E-state index contributed by atoms with van der Waals surface area (Å²) in [6.07, 6.45) is 2.75. The summed E-state index contributed by atoms with van der Waals surface area (Å²) in [5, 5.41) is 8.67. The standard InChI is InChI=1S/C13H15NO2/c14-10-12-4-2-11(3-5-12)6-7-13-15-8-1-9-16-13/h2-5,13H,1,6-9H2. The summed E-state index contributed by atoms with van der Waals surface area (Å²) in [7, 11) is 0. The second kappa shape index (κ2) is 5.64. The van der Waals surface area contributed by atoms with Crippen LogP contribution >= 0.6 is 0 Å². The van der Waals surface area contributed by atoms with E-state index in [1.165, 1.54) is 5.56 Å². The van der Waals surface area contributed by atoms with Crippen molar-refractivity contribution in [1.29, 1.82) is 5.26 Å². The molecule has 0 saturated carbocycles. The summed E-state index contributed by atoms with van der Waals surface area (Å²) in [6.45, 7) is 1.61. The predicted molar refractivity (Wildman–Crippen MR) is 59.8 cm³/mol. The van der Waals surface area contributed by atoms with Crippen LogP contribution < -0.4 is 0 Å². The molecular formula is C13H15NO2. The molecule has 1 aromatic rings. The van der Waals surface area contributed by atoms with Crippen molar-refractivity contribution in [2.45, 2.75) is 25.6 Å². The smallest absolute Gasteiger partial charge is 0.157 e. The van der Waals surface area contributed by atoms with E-state index >= 15 is 0 Å². The van der Waals surface area contributed by atoms with Crippen LogP contribution in [-0.2, 0) is 15.9 Å². The van der Waals surface area contributed by atoms with Crippen LogP contribution in [0, 0.1) is 11.3 Å². The van der Waals surface area contributed by atoms with Gasteiger partial charge >= 0.3 is 0 Å². The summed E-state index contributed by atoms with van der Waals surface area (Å²) in [6, 6.07) is 9.78. The Hall–Kier alpha value is -1.37. The molecule has 1 aliphatic heterocycles. The molecule has 0 aromatic heterocycles. The summed E-state index contributed by atoms with van der Waals surface area (Å²) in [4.78, 5) is 0. The van der Waals surface area contributed by atoms with Gasteiger partial charge in [-0.3, -0.25) is 0 Å².